The van der Waals surface area contributed by atoms with Crippen LogP contribution in [0, 0.1) is 5.92 Å². The lowest BCUT2D eigenvalue weighted by atomic mass is 10.2. The molecular formula is C8H15NOS. The fraction of sp³-hybridized carbons (Fsp3) is 1.00. The summed E-state index contributed by atoms with van der Waals surface area (Å²) in [5.74, 6) is 2.60. The van der Waals surface area contributed by atoms with Crippen LogP contribution in [0.3, 0.4) is 0 Å². The number of nitrogens with one attached hydrogen (secondary N) is 1. The first-order chi connectivity index (χ1) is 5.25. The molecule has 0 aromatic carbocycles. The lowest BCUT2D eigenvalue weighted by Gasteiger charge is -2.28. The second kappa shape index (κ2) is 2.87. The van der Waals surface area contributed by atoms with Gasteiger partial charge in [0.2, 0.25) is 0 Å². The highest BCUT2D eigenvalue weighted by Gasteiger charge is 2.35. The van der Waals surface area contributed by atoms with E-state index in [1.54, 1.807) is 0 Å². The average Bonchev–Trinajstić information content (AvgIpc) is 2.64. The van der Waals surface area contributed by atoms with Crippen molar-refractivity contribution in [1.82, 2.24) is 5.32 Å². The first-order valence-electron chi connectivity index (χ1n) is 4.37. The Morgan fingerprint density at radius 2 is 2.09 bits per heavy atom. The van der Waals surface area contributed by atoms with Crippen LogP contribution in [0.4, 0.5) is 0 Å². The summed E-state index contributed by atoms with van der Waals surface area (Å²) in [5, 5.41) is 3.52. The smallest absolute Gasteiger partial charge is 0.0392 e. The molecule has 3 heteroatoms. The summed E-state index contributed by atoms with van der Waals surface area (Å²) >= 11 is 0. The van der Waals surface area contributed by atoms with E-state index in [2.05, 4.69) is 12.2 Å². The molecular weight excluding hydrogens is 158 g/mol. The summed E-state index contributed by atoms with van der Waals surface area (Å²) in [7, 11) is -0.543. The molecule has 1 saturated heterocycles. The number of hydrogen-bond donors (Lipinski definition) is 1. The molecule has 2 rings (SSSR count). The van der Waals surface area contributed by atoms with Crippen molar-refractivity contribution in [2.45, 2.75) is 31.8 Å². The van der Waals surface area contributed by atoms with Crippen molar-refractivity contribution in [2.75, 3.05) is 11.5 Å². The Morgan fingerprint density at radius 3 is 2.64 bits per heavy atom. The Morgan fingerprint density at radius 1 is 1.36 bits per heavy atom. The minimum Gasteiger partial charge on any atom is -0.309 e. The van der Waals surface area contributed by atoms with Crippen LogP contribution in [0.25, 0.3) is 0 Å². The SMILES string of the molecule is CC1CS(=O)CC(C2CC2)N1. The van der Waals surface area contributed by atoms with E-state index in [1.807, 2.05) is 0 Å². The van der Waals surface area contributed by atoms with E-state index in [4.69, 9.17) is 0 Å². The Balaban J connectivity index is 1.94. The van der Waals surface area contributed by atoms with Gasteiger partial charge in [-0.05, 0) is 25.7 Å². The molecule has 1 heterocycles. The summed E-state index contributed by atoms with van der Waals surface area (Å²) in [4.78, 5) is 0. The first kappa shape index (κ1) is 7.74. The van der Waals surface area contributed by atoms with Gasteiger partial charge in [-0.2, -0.15) is 0 Å². The molecule has 2 fully saturated rings. The fourth-order valence-electron chi connectivity index (χ4n) is 1.78. The van der Waals surface area contributed by atoms with E-state index in [1.165, 1.54) is 12.8 Å². The van der Waals surface area contributed by atoms with Crippen molar-refractivity contribution in [3.05, 3.63) is 0 Å². The molecule has 0 radical (unpaired) electrons. The highest BCUT2D eigenvalue weighted by molar-refractivity contribution is 7.85. The Labute approximate surface area is 70.2 Å². The zero-order valence-corrected chi connectivity index (χ0v) is 7.69. The Hall–Kier alpha value is 0.110. The van der Waals surface area contributed by atoms with Crippen LogP contribution in [0.1, 0.15) is 19.8 Å². The van der Waals surface area contributed by atoms with Gasteiger partial charge in [0.1, 0.15) is 0 Å². The predicted octanol–water partition coefficient (Wildman–Crippen LogP) is 0.505. The second-order valence-corrected chi connectivity index (χ2v) is 5.33. The van der Waals surface area contributed by atoms with Crippen molar-refractivity contribution in [3.63, 3.8) is 0 Å². The van der Waals surface area contributed by atoms with Crippen molar-refractivity contribution >= 4 is 10.8 Å². The molecule has 3 atom stereocenters. The normalized spacial score (nSPS) is 45.7. The molecule has 11 heavy (non-hydrogen) atoms. The van der Waals surface area contributed by atoms with E-state index in [0.29, 0.717) is 12.1 Å². The molecule has 1 aliphatic heterocycles. The van der Waals surface area contributed by atoms with Gasteiger partial charge in [-0.1, -0.05) is 0 Å². The number of hydrogen-bond acceptors (Lipinski definition) is 2. The van der Waals surface area contributed by atoms with Gasteiger partial charge in [0.05, 0.1) is 0 Å². The minimum absolute atomic E-state index is 0.468. The molecule has 0 amide bonds. The monoisotopic (exact) mass is 173 g/mol. The van der Waals surface area contributed by atoms with E-state index >= 15 is 0 Å². The third-order valence-corrected chi connectivity index (χ3v) is 4.09. The molecule has 3 unspecified atom stereocenters. The van der Waals surface area contributed by atoms with Crippen LogP contribution in [0.15, 0.2) is 0 Å². The largest absolute Gasteiger partial charge is 0.309 e. The van der Waals surface area contributed by atoms with Crippen molar-refractivity contribution in [3.8, 4) is 0 Å². The van der Waals surface area contributed by atoms with Crippen LogP contribution in [-0.4, -0.2) is 27.8 Å². The molecule has 1 aliphatic carbocycles. The molecule has 0 aromatic rings. The quantitative estimate of drug-likeness (QED) is 0.626. The topological polar surface area (TPSA) is 29.1 Å². The summed E-state index contributed by atoms with van der Waals surface area (Å²) in [6, 6.07) is 1.04. The minimum atomic E-state index is -0.543. The van der Waals surface area contributed by atoms with E-state index in [0.717, 1.165) is 17.4 Å². The standard InChI is InChI=1S/C8H15NOS/c1-6-4-11(10)5-8(9-6)7-2-3-7/h6-9H,2-5H2,1H3. The summed E-state index contributed by atoms with van der Waals surface area (Å²) in [5.41, 5.74) is 0. The third-order valence-electron chi connectivity index (χ3n) is 2.49. The lowest BCUT2D eigenvalue weighted by Crippen LogP contribution is -2.49. The van der Waals surface area contributed by atoms with Crippen LogP contribution in [-0.2, 0) is 10.8 Å². The molecule has 2 nitrogen and oxygen atoms in total. The maximum absolute atomic E-state index is 11.3. The van der Waals surface area contributed by atoms with Crippen molar-refractivity contribution < 1.29 is 4.21 Å². The molecule has 2 aliphatic rings. The van der Waals surface area contributed by atoms with Gasteiger partial charge < -0.3 is 5.32 Å². The van der Waals surface area contributed by atoms with E-state index in [9.17, 15) is 4.21 Å². The highest BCUT2D eigenvalue weighted by atomic mass is 32.2. The lowest BCUT2D eigenvalue weighted by molar-refractivity contribution is 0.439. The summed E-state index contributed by atoms with van der Waals surface area (Å²) < 4.78 is 11.3. The Kier molecular flexibility index (Phi) is 2.02. The van der Waals surface area contributed by atoms with Crippen LogP contribution in [0.5, 0.6) is 0 Å². The molecule has 64 valence electrons. The van der Waals surface area contributed by atoms with Gasteiger partial charge in [-0.3, -0.25) is 4.21 Å². The van der Waals surface area contributed by atoms with Gasteiger partial charge in [0, 0.05) is 34.4 Å². The van der Waals surface area contributed by atoms with Crippen LogP contribution in [0.2, 0.25) is 0 Å². The maximum atomic E-state index is 11.3. The van der Waals surface area contributed by atoms with Crippen molar-refractivity contribution in [1.29, 1.82) is 0 Å². The maximum Gasteiger partial charge on any atom is 0.0392 e. The molecule has 0 spiro atoms. The second-order valence-electron chi connectivity index (χ2n) is 3.78. The van der Waals surface area contributed by atoms with Gasteiger partial charge in [0.15, 0.2) is 0 Å². The van der Waals surface area contributed by atoms with Gasteiger partial charge in [-0.25, -0.2) is 0 Å². The highest BCUT2D eigenvalue weighted by Crippen LogP contribution is 2.34. The Bertz CT molecular complexity index is 179. The average molecular weight is 173 g/mol. The van der Waals surface area contributed by atoms with Gasteiger partial charge >= 0.3 is 0 Å². The van der Waals surface area contributed by atoms with Crippen LogP contribution < -0.4 is 5.32 Å². The molecule has 1 saturated carbocycles. The zero-order chi connectivity index (χ0) is 7.84. The van der Waals surface area contributed by atoms with Gasteiger partial charge in [-0.15, -0.1) is 0 Å². The van der Waals surface area contributed by atoms with Crippen molar-refractivity contribution in [2.24, 2.45) is 5.92 Å². The van der Waals surface area contributed by atoms with E-state index < -0.39 is 10.8 Å². The summed E-state index contributed by atoms with van der Waals surface area (Å²) in [6.07, 6.45) is 2.70. The molecule has 0 aromatic heterocycles. The van der Waals surface area contributed by atoms with Crippen LogP contribution >= 0.6 is 0 Å². The molecule has 1 N–H and O–H groups in total. The van der Waals surface area contributed by atoms with Gasteiger partial charge in [0.25, 0.3) is 0 Å². The first-order valence-corrected chi connectivity index (χ1v) is 5.85. The van der Waals surface area contributed by atoms with E-state index in [-0.39, 0.29) is 0 Å². The molecule has 0 bridgehead atoms. The summed E-state index contributed by atoms with van der Waals surface area (Å²) in [6.45, 7) is 2.13. The fourth-order valence-corrected chi connectivity index (χ4v) is 3.34. The predicted molar refractivity (Wildman–Crippen MR) is 47.0 cm³/mol. The zero-order valence-electron chi connectivity index (χ0n) is 6.88. The third kappa shape index (κ3) is 1.82. The number of rotatable bonds is 1.